The van der Waals surface area contributed by atoms with Gasteiger partial charge in [-0.05, 0) is 60.5 Å². The summed E-state index contributed by atoms with van der Waals surface area (Å²) in [6, 6.07) is 16.2. The number of nitrogens with one attached hydrogen (secondary N) is 1. The number of ether oxygens (including phenoxy) is 1. The molecule has 4 aromatic rings. The molecular weight excluding hydrogens is 428 g/mol. The number of sulfone groups is 1. The third-order valence-electron chi connectivity index (χ3n) is 4.84. The van der Waals surface area contributed by atoms with Crippen LogP contribution in [0.3, 0.4) is 0 Å². The molecule has 1 N–H and O–H groups in total. The van der Waals surface area contributed by atoms with Gasteiger partial charge in [-0.3, -0.25) is 9.78 Å². The van der Waals surface area contributed by atoms with E-state index in [0.29, 0.717) is 17.9 Å². The first-order valence-corrected chi connectivity index (χ1v) is 11.6. The number of hydrogen-bond donors (Lipinski definition) is 1. The van der Waals surface area contributed by atoms with E-state index in [1.807, 2.05) is 6.92 Å². The van der Waals surface area contributed by atoms with Crippen molar-refractivity contribution in [3.8, 4) is 5.75 Å². The summed E-state index contributed by atoms with van der Waals surface area (Å²) in [5.74, 6) is 0.472. The molecule has 8 heteroatoms. The van der Waals surface area contributed by atoms with E-state index in [9.17, 15) is 13.2 Å². The van der Waals surface area contributed by atoms with Crippen LogP contribution in [0.15, 0.2) is 87.3 Å². The first kappa shape index (κ1) is 21.6. The molecule has 0 spiro atoms. The van der Waals surface area contributed by atoms with Gasteiger partial charge in [-0.15, -0.1) is 0 Å². The lowest BCUT2D eigenvalue weighted by Crippen LogP contribution is -2.22. The average Bonchev–Trinajstić information content (AvgIpc) is 3.26. The van der Waals surface area contributed by atoms with E-state index in [0.717, 1.165) is 17.4 Å². The van der Waals surface area contributed by atoms with Crippen molar-refractivity contribution in [2.24, 2.45) is 0 Å². The monoisotopic (exact) mass is 450 g/mol. The van der Waals surface area contributed by atoms with Crippen molar-refractivity contribution in [2.75, 3.05) is 6.61 Å². The molecule has 1 amide bonds. The predicted molar refractivity (Wildman–Crippen MR) is 119 cm³/mol. The van der Waals surface area contributed by atoms with Gasteiger partial charge in [0.1, 0.15) is 5.75 Å². The van der Waals surface area contributed by atoms with E-state index in [1.54, 1.807) is 48.8 Å². The fourth-order valence-corrected chi connectivity index (χ4v) is 4.38. The lowest BCUT2D eigenvalue weighted by atomic mass is 10.2. The van der Waals surface area contributed by atoms with E-state index in [-0.39, 0.29) is 28.0 Å². The number of aromatic nitrogens is 1. The predicted octanol–water partition coefficient (Wildman–Crippen LogP) is 4.38. The molecule has 0 saturated carbocycles. The molecule has 0 aliphatic carbocycles. The van der Waals surface area contributed by atoms with Gasteiger partial charge < -0.3 is 14.5 Å². The molecule has 2 aromatic carbocycles. The SMILES string of the molecule is CCCOc1ccc(S(=O)(=O)c2ccc(CNC(=O)c3cc4ccncc4o3)cc2)cc1. The zero-order valence-electron chi connectivity index (χ0n) is 17.4. The van der Waals surface area contributed by atoms with Crippen LogP contribution in [0.25, 0.3) is 11.0 Å². The van der Waals surface area contributed by atoms with Crippen LogP contribution in [0.4, 0.5) is 0 Å². The van der Waals surface area contributed by atoms with Crippen LogP contribution in [0.1, 0.15) is 29.5 Å². The minimum atomic E-state index is -3.65. The Morgan fingerprint density at radius 2 is 1.72 bits per heavy atom. The van der Waals surface area contributed by atoms with Gasteiger partial charge in [-0.2, -0.15) is 0 Å². The largest absolute Gasteiger partial charge is 0.494 e. The molecule has 0 radical (unpaired) electrons. The molecule has 0 aliphatic rings. The summed E-state index contributed by atoms with van der Waals surface area (Å²) in [6.07, 6.45) is 4.06. The van der Waals surface area contributed by atoms with E-state index >= 15 is 0 Å². The molecule has 164 valence electrons. The summed E-state index contributed by atoms with van der Waals surface area (Å²) >= 11 is 0. The van der Waals surface area contributed by atoms with Gasteiger partial charge in [0.2, 0.25) is 9.84 Å². The summed E-state index contributed by atoms with van der Waals surface area (Å²) in [5.41, 5.74) is 1.30. The molecule has 7 nitrogen and oxygen atoms in total. The van der Waals surface area contributed by atoms with Crippen molar-refractivity contribution >= 4 is 26.7 Å². The Hall–Kier alpha value is -3.65. The Morgan fingerprint density at radius 1 is 1.03 bits per heavy atom. The highest BCUT2D eigenvalue weighted by atomic mass is 32.2. The van der Waals surface area contributed by atoms with Gasteiger partial charge in [0.25, 0.3) is 5.91 Å². The molecule has 0 saturated heterocycles. The first-order chi connectivity index (χ1) is 15.5. The number of fused-ring (bicyclic) bond motifs is 1. The molecule has 2 heterocycles. The molecule has 32 heavy (non-hydrogen) atoms. The summed E-state index contributed by atoms with van der Waals surface area (Å²) in [5, 5.41) is 3.57. The lowest BCUT2D eigenvalue weighted by Gasteiger charge is -2.08. The maximum absolute atomic E-state index is 12.9. The van der Waals surface area contributed by atoms with Crippen LogP contribution in [-0.4, -0.2) is 25.9 Å². The van der Waals surface area contributed by atoms with Crippen LogP contribution < -0.4 is 10.1 Å². The van der Waals surface area contributed by atoms with E-state index in [4.69, 9.17) is 9.15 Å². The molecule has 0 aliphatic heterocycles. The van der Waals surface area contributed by atoms with Crippen molar-refractivity contribution < 1.29 is 22.4 Å². The van der Waals surface area contributed by atoms with Gasteiger partial charge in [-0.1, -0.05) is 19.1 Å². The van der Waals surface area contributed by atoms with Crippen molar-refractivity contribution in [2.45, 2.75) is 29.7 Å². The van der Waals surface area contributed by atoms with E-state index in [1.165, 1.54) is 24.3 Å². The number of benzene rings is 2. The standard InChI is InChI=1S/C24H22N2O5S/c1-2-13-30-19-5-9-21(10-6-19)32(28,29)20-7-3-17(4-8-20)15-26-24(27)22-14-18-11-12-25-16-23(18)31-22/h3-12,14,16H,2,13,15H2,1H3,(H,26,27). The Bertz CT molecular complexity index is 1290. The van der Waals surface area contributed by atoms with Crippen molar-refractivity contribution in [1.82, 2.24) is 10.3 Å². The minimum absolute atomic E-state index is 0.180. The molecule has 2 aromatic heterocycles. The molecule has 0 bridgehead atoms. The average molecular weight is 451 g/mol. The molecule has 0 unspecified atom stereocenters. The van der Waals surface area contributed by atoms with Gasteiger partial charge in [-0.25, -0.2) is 8.42 Å². The highest BCUT2D eigenvalue weighted by molar-refractivity contribution is 7.91. The Labute approximate surface area is 186 Å². The van der Waals surface area contributed by atoms with Crippen molar-refractivity contribution in [1.29, 1.82) is 0 Å². The van der Waals surface area contributed by atoms with Crippen molar-refractivity contribution in [3.63, 3.8) is 0 Å². The van der Waals surface area contributed by atoms with Gasteiger partial charge in [0.05, 0.1) is 22.6 Å². The summed E-state index contributed by atoms with van der Waals surface area (Å²) in [6.45, 7) is 2.82. The quantitative estimate of drug-likeness (QED) is 0.428. The number of pyridine rings is 1. The minimum Gasteiger partial charge on any atom is -0.494 e. The normalized spacial score (nSPS) is 11.4. The Kier molecular flexibility index (Phi) is 6.23. The van der Waals surface area contributed by atoms with E-state index < -0.39 is 9.84 Å². The highest BCUT2D eigenvalue weighted by Crippen LogP contribution is 2.24. The zero-order chi connectivity index (χ0) is 22.6. The number of nitrogens with zero attached hydrogens (tertiary/aromatic N) is 1. The highest BCUT2D eigenvalue weighted by Gasteiger charge is 2.18. The van der Waals surface area contributed by atoms with Crippen molar-refractivity contribution in [3.05, 3.63) is 84.4 Å². The molecule has 0 fully saturated rings. The van der Waals surface area contributed by atoms with Gasteiger partial charge >= 0.3 is 0 Å². The Balaban J connectivity index is 1.41. The molecular formula is C24H22N2O5S. The second kappa shape index (κ2) is 9.23. The fraction of sp³-hybridized carbons (Fsp3) is 0.167. The zero-order valence-corrected chi connectivity index (χ0v) is 18.3. The van der Waals surface area contributed by atoms with Gasteiger partial charge in [0.15, 0.2) is 11.3 Å². The number of amides is 1. The van der Waals surface area contributed by atoms with Crippen LogP contribution in [0.5, 0.6) is 5.75 Å². The second-order valence-electron chi connectivity index (χ2n) is 7.17. The maximum atomic E-state index is 12.9. The number of rotatable bonds is 8. The number of hydrogen-bond acceptors (Lipinski definition) is 6. The lowest BCUT2D eigenvalue weighted by molar-refractivity contribution is 0.0925. The van der Waals surface area contributed by atoms with Crippen LogP contribution >= 0.6 is 0 Å². The molecule has 0 atom stereocenters. The topological polar surface area (TPSA) is 98.5 Å². The van der Waals surface area contributed by atoms with E-state index in [2.05, 4.69) is 10.3 Å². The first-order valence-electron chi connectivity index (χ1n) is 10.2. The second-order valence-corrected chi connectivity index (χ2v) is 9.12. The smallest absolute Gasteiger partial charge is 0.287 e. The maximum Gasteiger partial charge on any atom is 0.287 e. The fourth-order valence-electron chi connectivity index (χ4n) is 3.12. The number of carbonyl (C=O) groups is 1. The third-order valence-corrected chi connectivity index (χ3v) is 6.63. The van der Waals surface area contributed by atoms with Crippen LogP contribution in [0, 0.1) is 0 Å². The summed E-state index contributed by atoms with van der Waals surface area (Å²) < 4.78 is 36.8. The summed E-state index contributed by atoms with van der Waals surface area (Å²) in [4.78, 5) is 16.7. The summed E-state index contributed by atoms with van der Waals surface area (Å²) in [7, 11) is -3.65. The third kappa shape index (κ3) is 4.65. The number of furan rings is 1. The van der Waals surface area contributed by atoms with Crippen LogP contribution in [-0.2, 0) is 16.4 Å². The van der Waals surface area contributed by atoms with Gasteiger partial charge in [0, 0.05) is 18.1 Å². The Morgan fingerprint density at radius 3 is 2.38 bits per heavy atom. The molecule has 4 rings (SSSR count). The van der Waals surface area contributed by atoms with Crippen LogP contribution in [0.2, 0.25) is 0 Å². The number of carbonyl (C=O) groups excluding carboxylic acids is 1.